The molecule has 40 valence electrons. The van der Waals surface area contributed by atoms with Crippen molar-refractivity contribution >= 4 is 0 Å². The van der Waals surface area contributed by atoms with Crippen LogP contribution in [0, 0.1) is 0 Å². The van der Waals surface area contributed by atoms with E-state index in [1.165, 1.54) is 6.26 Å². The molecule has 0 aliphatic carbocycles. The third kappa shape index (κ3) is 1.08. The average molecular weight is 101 g/mol. The van der Waals surface area contributed by atoms with Crippen molar-refractivity contribution in [2.45, 2.75) is 0 Å². The highest BCUT2D eigenvalue weighted by Gasteiger charge is 1.95. The molecule has 3 heteroatoms. The van der Waals surface area contributed by atoms with E-state index >= 15 is 0 Å². The lowest BCUT2D eigenvalue weighted by Gasteiger charge is -2.09. The van der Waals surface area contributed by atoms with Crippen LogP contribution < -0.4 is 5.73 Å². The maximum Gasteiger partial charge on any atom is 0.188 e. The Kier molecular flexibility index (Phi) is 1.17. The molecule has 0 atom stereocenters. The van der Waals surface area contributed by atoms with Gasteiger partial charge >= 0.3 is 0 Å². The zero-order valence-electron chi connectivity index (χ0n) is 3.89. The number of nitrogens with two attached hydrogens (primary N) is 1. The van der Waals surface area contributed by atoms with E-state index in [0.717, 1.165) is 0 Å². The molecule has 2 N–H and O–H groups in total. The zero-order chi connectivity index (χ0) is 5.11. The Morgan fingerprint density at radius 1 is 1.71 bits per heavy atom. The molecule has 0 aromatic carbocycles. The highest BCUT2D eigenvalue weighted by atomic mass is 16.7. The van der Waals surface area contributed by atoms with E-state index in [1.807, 2.05) is 0 Å². The average Bonchev–Trinajstić information content (AvgIpc) is 1.69. The van der Waals surface area contributed by atoms with Gasteiger partial charge in [0.2, 0.25) is 0 Å². The molecule has 0 saturated heterocycles. The Hall–Kier alpha value is -0.700. The van der Waals surface area contributed by atoms with Crippen LogP contribution in [0.5, 0.6) is 0 Å². The highest BCUT2D eigenvalue weighted by Crippen LogP contribution is 1.93. The molecule has 0 saturated carbocycles. The molecule has 0 aromatic heterocycles. The van der Waals surface area contributed by atoms with E-state index in [2.05, 4.69) is 4.74 Å². The van der Waals surface area contributed by atoms with E-state index in [-0.39, 0.29) is 0 Å². The number of ether oxygens (including phenoxy) is 2. The number of rotatable bonds is 0. The summed E-state index contributed by atoms with van der Waals surface area (Å²) in [5, 5.41) is 0. The van der Waals surface area contributed by atoms with Crippen LogP contribution in [0.15, 0.2) is 12.0 Å². The van der Waals surface area contributed by atoms with Gasteiger partial charge in [-0.15, -0.1) is 0 Å². The van der Waals surface area contributed by atoms with Crippen LogP contribution in [0.25, 0.3) is 0 Å². The van der Waals surface area contributed by atoms with Gasteiger partial charge in [-0.2, -0.15) is 0 Å². The van der Waals surface area contributed by atoms with Gasteiger partial charge in [0.05, 0.1) is 12.3 Å². The van der Waals surface area contributed by atoms with Gasteiger partial charge in [-0.3, -0.25) is 0 Å². The molecule has 0 amide bonds. The van der Waals surface area contributed by atoms with Crippen molar-refractivity contribution in [2.24, 2.45) is 5.73 Å². The molecular weight excluding hydrogens is 94.0 g/mol. The first-order valence-corrected chi connectivity index (χ1v) is 2.03. The van der Waals surface area contributed by atoms with Gasteiger partial charge < -0.3 is 15.2 Å². The predicted octanol–water partition coefficient (Wildman–Crippen LogP) is -0.209. The van der Waals surface area contributed by atoms with Crippen molar-refractivity contribution in [1.82, 2.24) is 0 Å². The van der Waals surface area contributed by atoms with Gasteiger partial charge in [-0.1, -0.05) is 0 Å². The third-order valence-corrected chi connectivity index (χ3v) is 0.655. The molecule has 3 nitrogen and oxygen atoms in total. The molecular formula is C4H7NO2. The second kappa shape index (κ2) is 1.84. The first-order chi connectivity index (χ1) is 3.39. The van der Waals surface area contributed by atoms with Crippen molar-refractivity contribution in [3.8, 4) is 0 Å². The van der Waals surface area contributed by atoms with Crippen LogP contribution in [-0.4, -0.2) is 13.4 Å². The van der Waals surface area contributed by atoms with Crippen molar-refractivity contribution in [3.63, 3.8) is 0 Å². The van der Waals surface area contributed by atoms with Crippen LogP contribution in [0.2, 0.25) is 0 Å². The van der Waals surface area contributed by atoms with E-state index in [0.29, 0.717) is 19.1 Å². The summed E-state index contributed by atoms with van der Waals surface area (Å²) in [4.78, 5) is 0. The summed E-state index contributed by atoms with van der Waals surface area (Å²) < 4.78 is 9.44. The standard InChI is InChI=1S/C4H7NO2/c5-4-1-6-3-7-2-4/h1H,2-3,5H2. The third-order valence-electron chi connectivity index (χ3n) is 0.655. The molecule has 1 aliphatic rings. The number of hydrogen-bond acceptors (Lipinski definition) is 3. The van der Waals surface area contributed by atoms with E-state index in [9.17, 15) is 0 Å². The molecule has 0 spiro atoms. The minimum atomic E-state index is 0.334. The van der Waals surface area contributed by atoms with Crippen LogP contribution in [0.4, 0.5) is 0 Å². The maximum atomic E-state index is 5.25. The fraction of sp³-hybridized carbons (Fsp3) is 0.500. The van der Waals surface area contributed by atoms with Crippen LogP contribution in [-0.2, 0) is 9.47 Å². The summed E-state index contributed by atoms with van der Waals surface area (Å²) in [6.45, 7) is 0.834. The van der Waals surface area contributed by atoms with Gasteiger partial charge in [0.25, 0.3) is 0 Å². The molecule has 0 bridgehead atoms. The second-order valence-corrected chi connectivity index (χ2v) is 1.33. The SMILES string of the molecule is NC1=COCOC1. The normalized spacial score (nSPS) is 20.3. The second-order valence-electron chi connectivity index (χ2n) is 1.33. The molecule has 1 heterocycles. The quantitative estimate of drug-likeness (QED) is 0.459. The molecule has 1 aliphatic heterocycles. The van der Waals surface area contributed by atoms with Crippen LogP contribution >= 0.6 is 0 Å². The minimum absolute atomic E-state index is 0.334. The predicted molar refractivity (Wildman–Crippen MR) is 24.2 cm³/mol. The first-order valence-electron chi connectivity index (χ1n) is 2.03. The summed E-state index contributed by atoms with van der Waals surface area (Å²) in [5.41, 5.74) is 5.89. The lowest BCUT2D eigenvalue weighted by Crippen LogP contribution is -2.13. The maximum absolute atomic E-state index is 5.25. The molecule has 1 rings (SSSR count). The Morgan fingerprint density at radius 2 is 2.57 bits per heavy atom. The van der Waals surface area contributed by atoms with Gasteiger partial charge in [0.1, 0.15) is 6.26 Å². The van der Waals surface area contributed by atoms with Gasteiger partial charge in [0, 0.05) is 0 Å². The Labute approximate surface area is 41.7 Å². The Balaban J connectivity index is 2.40. The van der Waals surface area contributed by atoms with Gasteiger partial charge in [-0.25, -0.2) is 0 Å². The minimum Gasteiger partial charge on any atom is -0.473 e. The fourth-order valence-corrected chi connectivity index (χ4v) is 0.383. The highest BCUT2D eigenvalue weighted by molar-refractivity contribution is 4.92. The molecule has 7 heavy (non-hydrogen) atoms. The van der Waals surface area contributed by atoms with Gasteiger partial charge in [0.15, 0.2) is 6.79 Å². The van der Waals surface area contributed by atoms with Crippen molar-refractivity contribution in [1.29, 1.82) is 0 Å². The monoisotopic (exact) mass is 101 g/mol. The molecule has 0 fully saturated rings. The van der Waals surface area contributed by atoms with Crippen molar-refractivity contribution in [2.75, 3.05) is 13.4 Å². The summed E-state index contributed by atoms with van der Waals surface area (Å²) in [6.07, 6.45) is 1.50. The molecule has 0 unspecified atom stereocenters. The fourth-order valence-electron chi connectivity index (χ4n) is 0.383. The topological polar surface area (TPSA) is 44.5 Å². The van der Waals surface area contributed by atoms with Crippen molar-refractivity contribution < 1.29 is 9.47 Å². The van der Waals surface area contributed by atoms with E-state index in [1.54, 1.807) is 0 Å². The Bertz CT molecular complexity index is 89.7. The first kappa shape index (κ1) is 4.46. The molecule has 0 radical (unpaired) electrons. The largest absolute Gasteiger partial charge is 0.473 e. The van der Waals surface area contributed by atoms with E-state index in [4.69, 9.17) is 10.5 Å². The summed E-state index contributed by atoms with van der Waals surface area (Å²) >= 11 is 0. The summed E-state index contributed by atoms with van der Waals surface area (Å²) in [5.74, 6) is 0. The molecule has 0 aromatic rings. The summed E-state index contributed by atoms with van der Waals surface area (Å²) in [7, 11) is 0. The zero-order valence-corrected chi connectivity index (χ0v) is 3.89. The van der Waals surface area contributed by atoms with E-state index < -0.39 is 0 Å². The van der Waals surface area contributed by atoms with Gasteiger partial charge in [-0.05, 0) is 0 Å². The summed E-state index contributed by atoms with van der Waals surface area (Å²) in [6, 6.07) is 0. The lowest BCUT2D eigenvalue weighted by molar-refractivity contribution is -0.0211. The number of hydrogen-bond donors (Lipinski definition) is 1. The van der Waals surface area contributed by atoms with Crippen LogP contribution in [0.1, 0.15) is 0 Å². The Morgan fingerprint density at radius 3 is 2.86 bits per heavy atom. The van der Waals surface area contributed by atoms with Crippen LogP contribution in [0.3, 0.4) is 0 Å². The van der Waals surface area contributed by atoms with Crippen molar-refractivity contribution in [3.05, 3.63) is 12.0 Å². The lowest BCUT2D eigenvalue weighted by atomic mass is 10.5. The smallest absolute Gasteiger partial charge is 0.188 e.